The summed E-state index contributed by atoms with van der Waals surface area (Å²) in [7, 11) is 0. The molecule has 1 aliphatic heterocycles. The predicted molar refractivity (Wildman–Crippen MR) is 85.1 cm³/mol. The zero-order valence-electron chi connectivity index (χ0n) is 13.5. The first kappa shape index (κ1) is 16.7. The molecule has 1 N–H and O–H groups in total. The first-order chi connectivity index (χ1) is 11.5. The Bertz CT molecular complexity index is 596. The molecule has 2 fully saturated rings. The standard InChI is InChI=1S/C18H22FNO4/c19-14-3-5-15(6-4-14)24-16-7-9-20(10-8-16)17(21)12-1-2-13(11-12)18(22)23/h3-6,12-13,16H,1-2,7-11H2,(H,22,23)/t12-,13+/m0/s1. The number of piperidine rings is 1. The van der Waals surface area contributed by atoms with Crippen molar-refractivity contribution in [2.24, 2.45) is 11.8 Å². The van der Waals surface area contributed by atoms with Gasteiger partial charge in [-0.3, -0.25) is 9.59 Å². The van der Waals surface area contributed by atoms with Crippen molar-refractivity contribution >= 4 is 11.9 Å². The zero-order chi connectivity index (χ0) is 17.1. The van der Waals surface area contributed by atoms with Crippen molar-refractivity contribution < 1.29 is 23.8 Å². The van der Waals surface area contributed by atoms with E-state index in [0.717, 1.165) is 12.8 Å². The molecule has 0 aromatic heterocycles. The van der Waals surface area contributed by atoms with Gasteiger partial charge in [0.1, 0.15) is 17.7 Å². The van der Waals surface area contributed by atoms with E-state index in [0.29, 0.717) is 38.1 Å². The van der Waals surface area contributed by atoms with Gasteiger partial charge in [0.05, 0.1) is 5.92 Å². The highest BCUT2D eigenvalue weighted by Gasteiger charge is 2.36. The number of carbonyl (C=O) groups is 2. The fourth-order valence-corrected chi connectivity index (χ4v) is 3.59. The Balaban J connectivity index is 1.47. The predicted octanol–water partition coefficient (Wildman–Crippen LogP) is 2.70. The second-order valence-electron chi connectivity index (χ2n) is 6.64. The third-order valence-corrected chi connectivity index (χ3v) is 5.00. The molecule has 1 amide bonds. The Labute approximate surface area is 140 Å². The van der Waals surface area contributed by atoms with Gasteiger partial charge in [0.15, 0.2) is 0 Å². The van der Waals surface area contributed by atoms with Crippen molar-refractivity contribution in [3.63, 3.8) is 0 Å². The average molecular weight is 335 g/mol. The first-order valence-corrected chi connectivity index (χ1v) is 8.46. The Morgan fingerprint density at radius 1 is 1.04 bits per heavy atom. The molecule has 0 bridgehead atoms. The molecule has 0 radical (unpaired) electrons. The molecule has 130 valence electrons. The van der Waals surface area contributed by atoms with Crippen LogP contribution in [0.3, 0.4) is 0 Å². The lowest BCUT2D eigenvalue weighted by Crippen LogP contribution is -2.44. The Hall–Kier alpha value is -2.11. The van der Waals surface area contributed by atoms with E-state index >= 15 is 0 Å². The number of amides is 1. The van der Waals surface area contributed by atoms with Crippen LogP contribution in [0.5, 0.6) is 5.75 Å². The molecule has 2 atom stereocenters. The normalized spacial score (nSPS) is 24.8. The lowest BCUT2D eigenvalue weighted by Gasteiger charge is -2.33. The topological polar surface area (TPSA) is 66.8 Å². The number of halogens is 1. The summed E-state index contributed by atoms with van der Waals surface area (Å²) >= 11 is 0. The van der Waals surface area contributed by atoms with Crippen LogP contribution in [0.1, 0.15) is 32.1 Å². The molecular weight excluding hydrogens is 313 g/mol. The van der Waals surface area contributed by atoms with Gasteiger partial charge in [-0.1, -0.05) is 0 Å². The minimum Gasteiger partial charge on any atom is -0.490 e. The second kappa shape index (κ2) is 7.20. The van der Waals surface area contributed by atoms with Crippen molar-refractivity contribution in [1.82, 2.24) is 4.90 Å². The molecule has 1 saturated heterocycles. The van der Waals surface area contributed by atoms with E-state index in [1.165, 1.54) is 12.1 Å². The van der Waals surface area contributed by atoms with E-state index in [-0.39, 0.29) is 29.7 Å². The van der Waals surface area contributed by atoms with Crippen LogP contribution in [-0.4, -0.2) is 41.1 Å². The maximum atomic E-state index is 12.9. The quantitative estimate of drug-likeness (QED) is 0.919. The van der Waals surface area contributed by atoms with Gasteiger partial charge in [0.2, 0.25) is 5.91 Å². The molecule has 0 spiro atoms. The Morgan fingerprint density at radius 3 is 2.25 bits per heavy atom. The van der Waals surface area contributed by atoms with Crippen molar-refractivity contribution in [2.45, 2.75) is 38.2 Å². The van der Waals surface area contributed by atoms with Crippen LogP contribution in [0.25, 0.3) is 0 Å². The lowest BCUT2D eigenvalue weighted by atomic mass is 10.0. The van der Waals surface area contributed by atoms with E-state index < -0.39 is 5.97 Å². The van der Waals surface area contributed by atoms with Gasteiger partial charge in [0, 0.05) is 31.8 Å². The van der Waals surface area contributed by atoms with Crippen LogP contribution >= 0.6 is 0 Å². The summed E-state index contributed by atoms with van der Waals surface area (Å²) in [5.74, 6) is -0.894. The van der Waals surface area contributed by atoms with E-state index in [4.69, 9.17) is 9.84 Å². The van der Waals surface area contributed by atoms with Crippen molar-refractivity contribution in [3.8, 4) is 5.75 Å². The number of rotatable bonds is 4. The molecule has 24 heavy (non-hydrogen) atoms. The molecule has 1 aromatic rings. The van der Waals surface area contributed by atoms with Gasteiger partial charge in [-0.25, -0.2) is 4.39 Å². The van der Waals surface area contributed by atoms with Crippen LogP contribution in [0, 0.1) is 17.7 Å². The monoisotopic (exact) mass is 335 g/mol. The first-order valence-electron chi connectivity index (χ1n) is 8.46. The number of likely N-dealkylation sites (tertiary alicyclic amines) is 1. The molecule has 5 nitrogen and oxygen atoms in total. The minimum absolute atomic E-state index is 0.0230. The van der Waals surface area contributed by atoms with Gasteiger partial charge < -0.3 is 14.7 Å². The van der Waals surface area contributed by atoms with Gasteiger partial charge in [-0.2, -0.15) is 0 Å². The number of carbonyl (C=O) groups excluding carboxylic acids is 1. The van der Waals surface area contributed by atoms with E-state index in [1.807, 2.05) is 4.90 Å². The molecule has 1 aliphatic carbocycles. The summed E-state index contributed by atoms with van der Waals surface area (Å²) in [5.41, 5.74) is 0. The summed E-state index contributed by atoms with van der Waals surface area (Å²) in [6.45, 7) is 1.25. The number of benzene rings is 1. The molecule has 1 saturated carbocycles. The van der Waals surface area contributed by atoms with Crippen molar-refractivity contribution in [2.75, 3.05) is 13.1 Å². The molecular formula is C18H22FNO4. The van der Waals surface area contributed by atoms with Gasteiger partial charge in [0.25, 0.3) is 0 Å². The maximum Gasteiger partial charge on any atom is 0.306 e. The molecule has 2 aliphatic rings. The molecule has 1 heterocycles. The largest absolute Gasteiger partial charge is 0.490 e. The van der Waals surface area contributed by atoms with Crippen LogP contribution in [0.2, 0.25) is 0 Å². The number of carboxylic acid groups (broad SMARTS) is 1. The van der Waals surface area contributed by atoms with Gasteiger partial charge in [-0.15, -0.1) is 0 Å². The second-order valence-corrected chi connectivity index (χ2v) is 6.64. The number of nitrogens with zero attached hydrogens (tertiary/aromatic N) is 1. The number of carboxylic acids is 1. The number of hydrogen-bond acceptors (Lipinski definition) is 3. The fourth-order valence-electron chi connectivity index (χ4n) is 3.59. The number of aliphatic carboxylic acids is 1. The SMILES string of the molecule is O=C(O)[C@@H]1CC[C@H](C(=O)N2CCC(Oc3ccc(F)cc3)CC2)C1. The lowest BCUT2D eigenvalue weighted by molar-refractivity contribution is -0.141. The van der Waals surface area contributed by atoms with Crippen LogP contribution < -0.4 is 4.74 Å². The smallest absolute Gasteiger partial charge is 0.306 e. The van der Waals surface area contributed by atoms with Crippen LogP contribution in [-0.2, 0) is 9.59 Å². The summed E-state index contributed by atoms with van der Waals surface area (Å²) in [6.07, 6.45) is 3.21. The van der Waals surface area contributed by atoms with E-state index in [9.17, 15) is 14.0 Å². The van der Waals surface area contributed by atoms with E-state index in [1.54, 1.807) is 12.1 Å². The highest BCUT2D eigenvalue weighted by atomic mass is 19.1. The Kier molecular flexibility index (Phi) is 5.02. The average Bonchev–Trinajstić information content (AvgIpc) is 3.07. The number of ether oxygens (including phenoxy) is 1. The molecule has 0 unspecified atom stereocenters. The number of hydrogen-bond donors (Lipinski definition) is 1. The van der Waals surface area contributed by atoms with Crippen molar-refractivity contribution in [1.29, 1.82) is 0 Å². The summed E-state index contributed by atoms with van der Waals surface area (Å²) in [6, 6.07) is 5.95. The molecule has 1 aromatic carbocycles. The Morgan fingerprint density at radius 2 is 1.67 bits per heavy atom. The van der Waals surface area contributed by atoms with Crippen LogP contribution in [0.4, 0.5) is 4.39 Å². The molecule has 6 heteroatoms. The zero-order valence-corrected chi connectivity index (χ0v) is 13.5. The summed E-state index contributed by atoms with van der Waals surface area (Å²) in [5, 5.41) is 9.05. The third kappa shape index (κ3) is 3.86. The van der Waals surface area contributed by atoms with E-state index in [2.05, 4.69) is 0 Å². The van der Waals surface area contributed by atoms with Crippen molar-refractivity contribution in [3.05, 3.63) is 30.1 Å². The molecule has 3 rings (SSSR count). The van der Waals surface area contributed by atoms with Gasteiger partial charge in [-0.05, 0) is 43.5 Å². The summed E-state index contributed by atoms with van der Waals surface area (Å²) < 4.78 is 18.7. The highest BCUT2D eigenvalue weighted by Crippen LogP contribution is 2.33. The summed E-state index contributed by atoms with van der Waals surface area (Å²) in [4.78, 5) is 25.4. The fraction of sp³-hybridized carbons (Fsp3) is 0.556. The maximum absolute atomic E-state index is 12.9. The van der Waals surface area contributed by atoms with Gasteiger partial charge >= 0.3 is 5.97 Å². The third-order valence-electron chi connectivity index (χ3n) is 5.00. The minimum atomic E-state index is -0.795. The highest BCUT2D eigenvalue weighted by molar-refractivity contribution is 5.81. The van der Waals surface area contributed by atoms with Crippen LogP contribution in [0.15, 0.2) is 24.3 Å².